The SMILES string of the molecule is CCNC(=O)C(=O)[C@H](C[C@@H]1CCNC1=O)NC(=O)[C@H](CC1(C)CCC1)NC(=O)O[C@H](c1ccccc1)C(F)(F)c1cccc(Cl)c1. The first-order chi connectivity index (χ1) is 21.8. The summed E-state index contributed by atoms with van der Waals surface area (Å²) in [5.74, 6) is -7.27. The number of benzene rings is 2. The van der Waals surface area contributed by atoms with E-state index in [9.17, 15) is 24.0 Å². The van der Waals surface area contributed by atoms with Crippen molar-refractivity contribution in [3.8, 4) is 0 Å². The Morgan fingerprint density at radius 1 is 1.07 bits per heavy atom. The summed E-state index contributed by atoms with van der Waals surface area (Å²) in [7, 11) is 0. The maximum atomic E-state index is 16.0. The van der Waals surface area contributed by atoms with Crippen molar-refractivity contribution in [1.82, 2.24) is 21.3 Å². The van der Waals surface area contributed by atoms with E-state index in [1.165, 1.54) is 42.5 Å². The van der Waals surface area contributed by atoms with Gasteiger partial charge in [-0.3, -0.25) is 19.2 Å². The van der Waals surface area contributed by atoms with E-state index < -0.39 is 59.3 Å². The zero-order valence-corrected chi connectivity index (χ0v) is 26.5. The number of rotatable bonds is 14. The molecule has 1 saturated carbocycles. The Labute approximate surface area is 271 Å². The van der Waals surface area contributed by atoms with Crippen molar-refractivity contribution in [2.45, 2.75) is 76.5 Å². The van der Waals surface area contributed by atoms with Gasteiger partial charge in [0.05, 0.1) is 6.04 Å². The Morgan fingerprint density at radius 3 is 2.37 bits per heavy atom. The summed E-state index contributed by atoms with van der Waals surface area (Å²) in [6.07, 6.45) is -0.505. The molecule has 0 radical (unpaired) electrons. The monoisotopic (exact) mass is 660 g/mol. The lowest BCUT2D eigenvalue weighted by Gasteiger charge is -2.41. The van der Waals surface area contributed by atoms with Gasteiger partial charge in [0.2, 0.25) is 17.6 Å². The van der Waals surface area contributed by atoms with Crippen molar-refractivity contribution < 1.29 is 37.5 Å². The van der Waals surface area contributed by atoms with Crippen LogP contribution in [0.5, 0.6) is 0 Å². The lowest BCUT2D eigenvalue weighted by molar-refractivity contribution is -0.141. The van der Waals surface area contributed by atoms with Crippen LogP contribution in [-0.4, -0.2) is 54.8 Å². The van der Waals surface area contributed by atoms with E-state index in [4.69, 9.17) is 16.3 Å². The standard InChI is InChI=1S/C33H39ClF2N4O6/c1-3-37-30(44)26(41)24(17-21-13-16-38-28(21)42)39-29(43)25(19-32(2)14-8-15-32)40-31(45)46-27(20-9-5-4-6-10-20)33(35,36)22-11-7-12-23(34)18-22/h4-7,9-12,18,21,24-25,27H,3,8,13-17,19H2,1-2H3,(H,37,44)(H,38,42)(H,39,43)(H,40,45)/t21-,24-,25-,27+/m0/s1. The van der Waals surface area contributed by atoms with E-state index in [2.05, 4.69) is 21.3 Å². The molecule has 10 nitrogen and oxygen atoms in total. The van der Waals surface area contributed by atoms with Gasteiger partial charge in [0, 0.05) is 29.6 Å². The van der Waals surface area contributed by atoms with Crippen LogP contribution in [0.3, 0.4) is 0 Å². The van der Waals surface area contributed by atoms with Gasteiger partial charge in [0.25, 0.3) is 5.91 Å². The van der Waals surface area contributed by atoms with Crippen LogP contribution in [0.25, 0.3) is 0 Å². The minimum absolute atomic E-state index is 0.0111. The third-order valence-electron chi connectivity index (χ3n) is 8.61. The van der Waals surface area contributed by atoms with E-state index in [0.29, 0.717) is 13.0 Å². The number of amides is 4. The minimum Gasteiger partial charge on any atom is -0.434 e. The first-order valence-corrected chi connectivity index (χ1v) is 15.8. The molecule has 2 aromatic rings. The number of carbonyl (C=O) groups is 5. The van der Waals surface area contributed by atoms with Gasteiger partial charge in [-0.25, -0.2) is 4.79 Å². The van der Waals surface area contributed by atoms with Gasteiger partial charge in [-0.1, -0.05) is 67.4 Å². The number of ether oxygens (including phenoxy) is 1. The number of alkyl halides is 2. The van der Waals surface area contributed by atoms with Crippen LogP contribution in [0.1, 0.15) is 69.6 Å². The minimum atomic E-state index is -3.71. The first kappa shape index (κ1) is 34.8. The molecule has 2 aromatic carbocycles. The fraction of sp³-hybridized carbons (Fsp3) is 0.485. The molecule has 4 rings (SSSR count). The number of nitrogens with one attached hydrogen (secondary N) is 4. The average Bonchev–Trinajstić information content (AvgIpc) is 3.42. The molecule has 46 heavy (non-hydrogen) atoms. The zero-order valence-electron chi connectivity index (χ0n) is 25.7. The molecule has 0 unspecified atom stereocenters. The summed E-state index contributed by atoms with van der Waals surface area (Å²) in [6, 6.07) is 9.90. The summed E-state index contributed by atoms with van der Waals surface area (Å²) in [5, 5.41) is 10.2. The number of ketones is 1. The van der Waals surface area contributed by atoms with Crippen molar-refractivity contribution in [3.05, 3.63) is 70.7 Å². The maximum Gasteiger partial charge on any atom is 0.408 e. The molecule has 248 valence electrons. The van der Waals surface area contributed by atoms with Crippen LogP contribution in [0, 0.1) is 11.3 Å². The topological polar surface area (TPSA) is 143 Å². The Bertz CT molecular complexity index is 1440. The predicted octanol–water partition coefficient (Wildman–Crippen LogP) is 4.56. The van der Waals surface area contributed by atoms with Crippen LogP contribution in [0.2, 0.25) is 5.02 Å². The molecule has 4 N–H and O–H groups in total. The second kappa shape index (κ2) is 15.0. The second-order valence-corrected chi connectivity index (χ2v) is 12.6. The van der Waals surface area contributed by atoms with E-state index in [1.807, 2.05) is 6.92 Å². The zero-order chi connectivity index (χ0) is 33.5. The maximum absolute atomic E-state index is 16.0. The summed E-state index contributed by atoms with van der Waals surface area (Å²) in [6.45, 7) is 4.14. The molecule has 1 aliphatic carbocycles. The van der Waals surface area contributed by atoms with Gasteiger partial charge >= 0.3 is 12.0 Å². The molecule has 0 bridgehead atoms. The molecule has 13 heteroatoms. The average molecular weight is 661 g/mol. The molecular formula is C33H39ClF2N4O6. The largest absolute Gasteiger partial charge is 0.434 e. The predicted molar refractivity (Wildman–Crippen MR) is 166 cm³/mol. The Hall–Kier alpha value is -4.06. The lowest BCUT2D eigenvalue weighted by atomic mass is 9.67. The highest BCUT2D eigenvalue weighted by molar-refractivity contribution is 6.38. The van der Waals surface area contributed by atoms with Crippen molar-refractivity contribution in [1.29, 1.82) is 0 Å². The van der Waals surface area contributed by atoms with Crippen LogP contribution >= 0.6 is 11.6 Å². The Balaban J connectivity index is 1.58. The molecule has 2 fully saturated rings. The van der Waals surface area contributed by atoms with Crippen molar-refractivity contribution in [2.24, 2.45) is 11.3 Å². The van der Waals surface area contributed by atoms with Crippen LogP contribution in [-0.2, 0) is 29.8 Å². The molecule has 1 heterocycles. The normalized spacial score (nSPS) is 19.1. The number of carbonyl (C=O) groups excluding carboxylic acids is 5. The summed E-state index contributed by atoms with van der Waals surface area (Å²) in [5.41, 5.74) is -0.805. The molecule has 0 aromatic heterocycles. The smallest absolute Gasteiger partial charge is 0.408 e. The molecular weight excluding hydrogens is 622 g/mol. The number of hydrogen-bond acceptors (Lipinski definition) is 6. The molecule has 4 atom stereocenters. The van der Waals surface area contributed by atoms with Crippen molar-refractivity contribution in [2.75, 3.05) is 13.1 Å². The Kier molecular flexibility index (Phi) is 11.4. The van der Waals surface area contributed by atoms with E-state index in [1.54, 1.807) is 13.0 Å². The number of Topliss-reactive ketones (excluding diaryl/α,β-unsaturated/α-hetero) is 1. The quantitative estimate of drug-likeness (QED) is 0.219. The summed E-state index contributed by atoms with van der Waals surface area (Å²) < 4.78 is 37.3. The fourth-order valence-corrected chi connectivity index (χ4v) is 6.05. The van der Waals surface area contributed by atoms with Gasteiger partial charge in [-0.2, -0.15) is 8.78 Å². The van der Waals surface area contributed by atoms with Gasteiger partial charge in [-0.15, -0.1) is 0 Å². The van der Waals surface area contributed by atoms with Crippen LogP contribution < -0.4 is 21.3 Å². The molecule has 0 spiro atoms. The second-order valence-electron chi connectivity index (χ2n) is 12.2. The number of hydrogen-bond donors (Lipinski definition) is 4. The fourth-order valence-electron chi connectivity index (χ4n) is 5.86. The molecule has 1 aliphatic heterocycles. The highest BCUT2D eigenvalue weighted by Gasteiger charge is 2.46. The highest BCUT2D eigenvalue weighted by Crippen LogP contribution is 2.45. The van der Waals surface area contributed by atoms with Crippen molar-refractivity contribution >= 4 is 41.2 Å². The number of alkyl carbamates (subject to hydrolysis) is 1. The van der Waals surface area contributed by atoms with Crippen molar-refractivity contribution in [3.63, 3.8) is 0 Å². The Morgan fingerprint density at radius 2 is 1.78 bits per heavy atom. The third-order valence-corrected chi connectivity index (χ3v) is 8.84. The third kappa shape index (κ3) is 8.60. The number of halogens is 3. The van der Waals surface area contributed by atoms with Crippen LogP contribution in [0.4, 0.5) is 13.6 Å². The van der Waals surface area contributed by atoms with Gasteiger partial charge < -0.3 is 26.0 Å². The first-order valence-electron chi connectivity index (χ1n) is 15.4. The molecule has 1 saturated heterocycles. The van der Waals surface area contributed by atoms with E-state index in [0.717, 1.165) is 25.3 Å². The summed E-state index contributed by atoms with van der Waals surface area (Å²) >= 11 is 5.98. The van der Waals surface area contributed by atoms with E-state index in [-0.39, 0.29) is 41.3 Å². The van der Waals surface area contributed by atoms with Gasteiger partial charge in [0.1, 0.15) is 6.04 Å². The van der Waals surface area contributed by atoms with E-state index >= 15 is 8.78 Å². The lowest BCUT2D eigenvalue weighted by Crippen LogP contribution is -2.56. The highest BCUT2D eigenvalue weighted by atomic mass is 35.5. The molecule has 2 aliphatic rings. The van der Waals surface area contributed by atoms with Gasteiger partial charge in [0.15, 0.2) is 6.10 Å². The van der Waals surface area contributed by atoms with Crippen LogP contribution in [0.15, 0.2) is 54.6 Å². The molecule has 4 amide bonds. The number of likely N-dealkylation sites (N-methyl/N-ethyl adjacent to an activating group) is 1. The summed E-state index contributed by atoms with van der Waals surface area (Å²) in [4.78, 5) is 64.9. The van der Waals surface area contributed by atoms with Gasteiger partial charge in [-0.05, 0) is 62.1 Å².